The van der Waals surface area contributed by atoms with Crippen molar-refractivity contribution in [1.29, 1.82) is 0 Å². The van der Waals surface area contributed by atoms with Gasteiger partial charge < -0.3 is 4.98 Å². The summed E-state index contributed by atoms with van der Waals surface area (Å²) in [7, 11) is 0. The minimum absolute atomic E-state index is 0.152. The number of imide groups is 1. The van der Waals surface area contributed by atoms with Crippen molar-refractivity contribution < 1.29 is 9.59 Å². The lowest BCUT2D eigenvalue weighted by molar-refractivity contribution is -0.122. The number of hydrogen-bond donors (Lipinski definition) is 1. The Morgan fingerprint density at radius 3 is 2.53 bits per heavy atom. The van der Waals surface area contributed by atoms with E-state index in [1.165, 1.54) is 12.5 Å². The Morgan fingerprint density at radius 2 is 1.82 bits per heavy atom. The van der Waals surface area contributed by atoms with Crippen LogP contribution in [0.4, 0.5) is 0 Å². The molecule has 0 saturated carbocycles. The van der Waals surface area contributed by atoms with Gasteiger partial charge in [-0.1, -0.05) is 0 Å². The standard InChI is InChI=1S/C9H5N5O3/c15-6-1-2-7(16)13(6)14-8-5(3-12-14)9(17)11-4-10-8/h1-4H,(H,10,11,17). The molecule has 0 aliphatic carbocycles. The van der Waals surface area contributed by atoms with Crippen LogP contribution in [0.3, 0.4) is 0 Å². The van der Waals surface area contributed by atoms with Crippen LogP contribution in [0.15, 0.2) is 29.5 Å². The summed E-state index contributed by atoms with van der Waals surface area (Å²) in [6.07, 6.45) is 4.69. The first-order valence-electron chi connectivity index (χ1n) is 4.66. The number of hydrogen-bond acceptors (Lipinski definition) is 5. The summed E-state index contributed by atoms with van der Waals surface area (Å²) in [5.74, 6) is -1.05. The molecule has 1 aliphatic rings. The number of fused-ring (bicyclic) bond motifs is 1. The second-order valence-corrected chi connectivity index (χ2v) is 3.32. The maximum atomic E-state index is 11.5. The van der Waals surface area contributed by atoms with Gasteiger partial charge in [-0.2, -0.15) is 10.1 Å². The zero-order chi connectivity index (χ0) is 12.0. The third-order valence-corrected chi connectivity index (χ3v) is 2.33. The zero-order valence-corrected chi connectivity index (χ0v) is 8.32. The molecule has 0 aromatic carbocycles. The zero-order valence-electron chi connectivity index (χ0n) is 8.32. The molecular weight excluding hydrogens is 226 g/mol. The Hall–Kier alpha value is -2.77. The van der Waals surface area contributed by atoms with Crippen LogP contribution in [0.1, 0.15) is 0 Å². The van der Waals surface area contributed by atoms with E-state index < -0.39 is 11.8 Å². The van der Waals surface area contributed by atoms with Gasteiger partial charge in [-0.3, -0.25) is 14.4 Å². The number of aromatic nitrogens is 4. The van der Waals surface area contributed by atoms with Crippen molar-refractivity contribution in [2.24, 2.45) is 0 Å². The van der Waals surface area contributed by atoms with Gasteiger partial charge in [-0.05, 0) is 0 Å². The largest absolute Gasteiger partial charge is 0.312 e. The predicted octanol–water partition coefficient (Wildman–Crippen LogP) is -1.32. The van der Waals surface area contributed by atoms with Crippen LogP contribution < -0.4 is 10.6 Å². The molecule has 0 unspecified atom stereocenters. The molecule has 0 fully saturated rings. The molecule has 0 saturated heterocycles. The minimum Gasteiger partial charge on any atom is -0.312 e. The predicted molar refractivity (Wildman–Crippen MR) is 55.5 cm³/mol. The molecule has 0 atom stereocenters. The van der Waals surface area contributed by atoms with E-state index in [1.54, 1.807) is 0 Å². The van der Waals surface area contributed by atoms with Gasteiger partial charge in [-0.25, -0.2) is 4.98 Å². The van der Waals surface area contributed by atoms with Gasteiger partial charge in [0.15, 0.2) is 5.65 Å². The lowest BCUT2D eigenvalue weighted by Gasteiger charge is -2.12. The molecule has 0 radical (unpaired) electrons. The number of H-pyrrole nitrogens is 1. The second kappa shape index (κ2) is 3.11. The summed E-state index contributed by atoms with van der Waals surface area (Å²) in [6.45, 7) is 0. The number of rotatable bonds is 1. The number of aromatic amines is 1. The van der Waals surface area contributed by atoms with Crippen LogP contribution in [-0.2, 0) is 9.59 Å². The Morgan fingerprint density at radius 1 is 1.12 bits per heavy atom. The van der Waals surface area contributed by atoms with E-state index in [1.807, 2.05) is 0 Å². The maximum Gasteiger partial charge on any atom is 0.274 e. The summed E-state index contributed by atoms with van der Waals surface area (Å²) in [5.41, 5.74) is -0.229. The van der Waals surface area contributed by atoms with Gasteiger partial charge in [0.2, 0.25) is 0 Å². The number of amides is 2. The van der Waals surface area contributed by atoms with Crippen molar-refractivity contribution in [3.8, 4) is 0 Å². The molecular formula is C9H5N5O3. The average Bonchev–Trinajstić information content (AvgIpc) is 2.84. The van der Waals surface area contributed by atoms with Gasteiger partial charge in [0.25, 0.3) is 17.4 Å². The monoisotopic (exact) mass is 231 g/mol. The molecule has 8 nitrogen and oxygen atoms in total. The molecule has 1 aliphatic heterocycles. The smallest absolute Gasteiger partial charge is 0.274 e. The van der Waals surface area contributed by atoms with Gasteiger partial charge in [-0.15, -0.1) is 4.79 Å². The van der Waals surface area contributed by atoms with Crippen molar-refractivity contribution in [3.05, 3.63) is 35.0 Å². The van der Waals surface area contributed by atoms with Crippen molar-refractivity contribution in [1.82, 2.24) is 19.9 Å². The molecule has 1 N–H and O–H groups in total. The van der Waals surface area contributed by atoms with Gasteiger partial charge in [0.05, 0.1) is 12.5 Å². The van der Waals surface area contributed by atoms with Crippen LogP contribution in [0.25, 0.3) is 11.0 Å². The highest BCUT2D eigenvalue weighted by Crippen LogP contribution is 2.09. The van der Waals surface area contributed by atoms with E-state index in [-0.39, 0.29) is 16.6 Å². The summed E-state index contributed by atoms with van der Waals surface area (Å²) in [5, 5.41) is 4.83. The molecule has 8 heteroatoms. The highest BCUT2D eigenvalue weighted by atomic mass is 16.2. The molecule has 0 bridgehead atoms. The fourth-order valence-corrected chi connectivity index (χ4v) is 1.57. The van der Waals surface area contributed by atoms with E-state index in [0.717, 1.165) is 22.0 Å². The average molecular weight is 231 g/mol. The molecule has 2 aromatic heterocycles. The van der Waals surface area contributed by atoms with Crippen molar-refractivity contribution >= 4 is 22.8 Å². The highest BCUT2D eigenvalue weighted by molar-refractivity contribution is 6.23. The van der Waals surface area contributed by atoms with Crippen molar-refractivity contribution in [2.75, 3.05) is 5.01 Å². The summed E-state index contributed by atoms with van der Waals surface area (Å²) < 4.78 is 0. The van der Waals surface area contributed by atoms with E-state index in [2.05, 4.69) is 15.1 Å². The maximum absolute atomic E-state index is 11.5. The molecule has 0 spiro atoms. The van der Waals surface area contributed by atoms with Gasteiger partial charge >= 0.3 is 0 Å². The van der Waals surface area contributed by atoms with Crippen LogP contribution in [0.2, 0.25) is 0 Å². The topological polar surface area (TPSA) is 101 Å². The third kappa shape index (κ3) is 1.20. The SMILES string of the molecule is O=C1C=CC(=O)N1n1ncc2c(=O)[nH]cnc21. The molecule has 84 valence electrons. The first kappa shape index (κ1) is 9.46. The fraction of sp³-hybridized carbons (Fsp3) is 0. The number of nitrogens with zero attached hydrogens (tertiary/aromatic N) is 4. The lowest BCUT2D eigenvalue weighted by atomic mass is 10.4. The fourth-order valence-electron chi connectivity index (χ4n) is 1.57. The molecule has 3 heterocycles. The van der Waals surface area contributed by atoms with Crippen molar-refractivity contribution in [2.45, 2.75) is 0 Å². The van der Waals surface area contributed by atoms with Crippen LogP contribution >= 0.6 is 0 Å². The van der Waals surface area contributed by atoms with E-state index in [4.69, 9.17) is 0 Å². The number of nitrogens with one attached hydrogen (secondary N) is 1. The Balaban J connectivity index is 2.26. The lowest BCUT2D eigenvalue weighted by Crippen LogP contribution is -2.41. The van der Waals surface area contributed by atoms with Gasteiger partial charge in [0, 0.05) is 12.2 Å². The first-order valence-corrected chi connectivity index (χ1v) is 4.66. The molecule has 17 heavy (non-hydrogen) atoms. The highest BCUT2D eigenvalue weighted by Gasteiger charge is 2.28. The minimum atomic E-state index is -0.526. The number of carbonyl (C=O) groups is 2. The van der Waals surface area contributed by atoms with Gasteiger partial charge in [0.1, 0.15) is 5.39 Å². The summed E-state index contributed by atoms with van der Waals surface area (Å²) in [4.78, 5) is 41.6. The Kier molecular flexibility index (Phi) is 1.73. The summed E-state index contributed by atoms with van der Waals surface area (Å²) >= 11 is 0. The molecule has 3 rings (SSSR count). The van der Waals surface area contributed by atoms with Crippen LogP contribution in [0.5, 0.6) is 0 Å². The normalized spacial score (nSPS) is 15.2. The van der Waals surface area contributed by atoms with Crippen molar-refractivity contribution in [3.63, 3.8) is 0 Å². The first-order chi connectivity index (χ1) is 8.18. The second-order valence-electron chi connectivity index (χ2n) is 3.32. The van der Waals surface area contributed by atoms with Crippen LogP contribution in [-0.4, -0.2) is 31.7 Å². The Labute approximate surface area is 93.1 Å². The quantitative estimate of drug-likeness (QED) is 0.613. The third-order valence-electron chi connectivity index (χ3n) is 2.33. The van der Waals surface area contributed by atoms with Crippen LogP contribution in [0, 0.1) is 0 Å². The summed E-state index contributed by atoms with van der Waals surface area (Å²) in [6, 6.07) is 0. The number of carbonyl (C=O) groups excluding carboxylic acids is 2. The molecule has 2 amide bonds. The molecule has 2 aromatic rings. The van der Waals surface area contributed by atoms with E-state index in [9.17, 15) is 14.4 Å². The Bertz CT molecular complexity index is 708. The van der Waals surface area contributed by atoms with E-state index >= 15 is 0 Å². The van der Waals surface area contributed by atoms with E-state index in [0.29, 0.717) is 0 Å².